The lowest BCUT2D eigenvalue weighted by molar-refractivity contribution is -0.134. The monoisotopic (exact) mass is 355 g/mol. The lowest BCUT2D eigenvalue weighted by Gasteiger charge is -2.37. The van der Waals surface area contributed by atoms with Crippen LogP contribution in [0, 0.1) is 11.8 Å². The molecular formula is C18H33N3O2S. The zero-order chi connectivity index (χ0) is 17.1. The van der Waals surface area contributed by atoms with Crippen molar-refractivity contribution in [2.24, 2.45) is 17.6 Å². The third-order valence-corrected chi connectivity index (χ3v) is 7.43. The Morgan fingerprint density at radius 3 is 2.83 bits per heavy atom. The fourth-order valence-electron chi connectivity index (χ4n) is 4.51. The summed E-state index contributed by atoms with van der Waals surface area (Å²) < 4.78 is 5.71. The SMILES string of the molecule is COC1CCCCC1C1NC(C(=O)N2CCCC(C(C)N)C2)CS1. The number of carbonyl (C=O) groups excluding carboxylic acids is 1. The number of rotatable bonds is 4. The molecule has 3 aliphatic rings. The van der Waals surface area contributed by atoms with Crippen molar-refractivity contribution in [1.29, 1.82) is 0 Å². The summed E-state index contributed by atoms with van der Waals surface area (Å²) in [5, 5.41) is 3.99. The summed E-state index contributed by atoms with van der Waals surface area (Å²) in [5.74, 6) is 2.14. The van der Waals surface area contributed by atoms with Crippen LogP contribution in [0.1, 0.15) is 45.4 Å². The first-order valence-electron chi connectivity index (χ1n) is 9.55. The average molecular weight is 356 g/mol. The molecule has 3 rings (SSSR count). The van der Waals surface area contributed by atoms with E-state index in [0.717, 1.165) is 38.1 Å². The zero-order valence-corrected chi connectivity index (χ0v) is 15.9. The molecule has 2 heterocycles. The van der Waals surface area contributed by atoms with E-state index >= 15 is 0 Å². The maximum Gasteiger partial charge on any atom is 0.240 e. The number of hydrogen-bond acceptors (Lipinski definition) is 5. The first-order valence-corrected chi connectivity index (χ1v) is 10.6. The van der Waals surface area contributed by atoms with Gasteiger partial charge in [0, 0.05) is 37.9 Å². The van der Waals surface area contributed by atoms with Crippen molar-refractivity contribution in [2.75, 3.05) is 26.0 Å². The molecule has 6 unspecified atom stereocenters. The molecule has 0 radical (unpaired) electrons. The van der Waals surface area contributed by atoms with E-state index in [1.165, 1.54) is 19.3 Å². The second-order valence-electron chi connectivity index (χ2n) is 7.74. The van der Waals surface area contributed by atoms with Crippen LogP contribution in [0.4, 0.5) is 0 Å². The van der Waals surface area contributed by atoms with Crippen LogP contribution in [0.3, 0.4) is 0 Å². The van der Waals surface area contributed by atoms with E-state index in [9.17, 15) is 4.79 Å². The number of likely N-dealkylation sites (tertiary alicyclic amines) is 1. The van der Waals surface area contributed by atoms with E-state index in [0.29, 0.717) is 23.3 Å². The van der Waals surface area contributed by atoms with Crippen LogP contribution in [-0.2, 0) is 9.53 Å². The minimum atomic E-state index is -0.0359. The maximum absolute atomic E-state index is 12.9. The number of ether oxygens (including phenoxy) is 1. The minimum absolute atomic E-state index is 0.0359. The Kier molecular flexibility index (Phi) is 6.46. The Bertz CT molecular complexity index is 434. The maximum atomic E-state index is 12.9. The van der Waals surface area contributed by atoms with Crippen molar-refractivity contribution < 1.29 is 9.53 Å². The second-order valence-corrected chi connectivity index (χ2v) is 8.92. The summed E-state index contributed by atoms with van der Waals surface area (Å²) in [5.41, 5.74) is 6.06. The summed E-state index contributed by atoms with van der Waals surface area (Å²) in [6.07, 6.45) is 7.48. The molecule has 6 heteroatoms. The van der Waals surface area contributed by atoms with Crippen LogP contribution < -0.4 is 11.1 Å². The molecule has 138 valence electrons. The number of carbonyl (C=O) groups is 1. The van der Waals surface area contributed by atoms with Crippen LogP contribution >= 0.6 is 11.8 Å². The molecule has 1 amide bonds. The molecule has 2 saturated heterocycles. The van der Waals surface area contributed by atoms with Crippen molar-refractivity contribution in [3.63, 3.8) is 0 Å². The van der Waals surface area contributed by atoms with Gasteiger partial charge in [0.15, 0.2) is 0 Å². The number of nitrogens with one attached hydrogen (secondary N) is 1. The molecule has 5 nitrogen and oxygen atoms in total. The highest BCUT2D eigenvalue weighted by Gasteiger charge is 2.40. The summed E-state index contributed by atoms with van der Waals surface area (Å²) in [7, 11) is 1.83. The highest BCUT2D eigenvalue weighted by molar-refractivity contribution is 8.00. The Labute approximate surface area is 150 Å². The van der Waals surface area contributed by atoms with Gasteiger partial charge in [0.2, 0.25) is 5.91 Å². The second kappa shape index (κ2) is 8.39. The van der Waals surface area contributed by atoms with Crippen molar-refractivity contribution >= 4 is 17.7 Å². The Morgan fingerprint density at radius 2 is 2.08 bits per heavy atom. The molecule has 1 saturated carbocycles. The standard InChI is InChI=1S/C18H33N3O2S/c1-12(19)13-6-5-9-21(10-13)18(22)15-11-24-17(20-15)14-7-3-4-8-16(14)23-2/h12-17,20H,3-11,19H2,1-2H3. The topological polar surface area (TPSA) is 67.6 Å². The number of hydrogen-bond donors (Lipinski definition) is 2. The van der Waals surface area contributed by atoms with Gasteiger partial charge in [-0.1, -0.05) is 12.8 Å². The van der Waals surface area contributed by atoms with Gasteiger partial charge in [0.25, 0.3) is 0 Å². The molecular weight excluding hydrogens is 322 g/mol. The van der Waals surface area contributed by atoms with Gasteiger partial charge in [-0.3, -0.25) is 10.1 Å². The number of methoxy groups -OCH3 is 1. The first kappa shape index (κ1) is 18.5. The Hall–Kier alpha value is -0.300. The molecule has 3 fully saturated rings. The third-order valence-electron chi connectivity index (χ3n) is 6.06. The number of nitrogens with two attached hydrogens (primary N) is 1. The fourth-order valence-corrected chi connectivity index (χ4v) is 5.97. The van der Waals surface area contributed by atoms with Gasteiger partial charge >= 0.3 is 0 Å². The number of amides is 1. The van der Waals surface area contributed by atoms with Crippen LogP contribution in [0.25, 0.3) is 0 Å². The smallest absolute Gasteiger partial charge is 0.240 e. The highest BCUT2D eigenvalue weighted by Crippen LogP contribution is 2.36. The first-order chi connectivity index (χ1) is 11.6. The van der Waals surface area contributed by atoms with E-state index in [4.69, 9.17) is 10.5 Å². The largest absolute Gasteiger partial charge is 0.381 e. The number of piperidine rings is 1. The predicted octanol–water partition coefficient (Wildman–Crippen LogP) is 1.81. The molecule has 0 spiro atoms. The van der Waals surface area contributed by atoms with Crippen molar-refractivity contribution in [3.05, 3.63) is 0 Å². The van der Waals surface area contributed by atoms with Crippen LogP contribution in [0.15, 0.2) is 0 Å². The van der Waals surface area contributed by atoms with E-state index in [-0.39, 0.29) is 18.0 Å². The Morgan fingerprint density at radius 1 is 1.29 bits per heavy atom. The minimum Gasteiger partial charge on any atom is -0.381 e. The van der Waals surface area contributed by atoms with Gasteiger partial charge in [-0.2, -0.15) is 0 Å². The third kappa shape index (κ3) is 4.09. The normalized spacial score (nSPS) is 39.0. The highest BCUT2D eigenvalue weighted by atomic mass is 32.2. The fraction of sp³-hybridized carbons (Fsp3) is 0.944. The van der Waals surface area contributed by atoms with Crippen molar-refractivity contribution in [1.82, 2.24) is 10.2 Å². The van der Waals surface area contributed by atoms with Gasteiger partial charge in [0.05, 0.1) is 17.5 Å². The Balaban J connectivity index is 1.55. The van der Waals surface area contributed by atoms with Gasteiger partial charge < -0.3 is 15.4 Å². The molecule has 3 N–H and O–H groups in total. The molecule has 6 atom stereocenters. The van der Waals surface area contributed by atoms with Crippen LogP contribution in [0.5, 0.6) is 0 Å². The lowest BCUT2D eigenvalue weighted by atomic mass is 9.86. The van der Waals surface area contributed by atoms with Gasteiger partial charge in [-0.05, 0) is 38.5 Å². The van der Waals surface area contributed by atoms with E-state index in [2.05, 4.69) is 12.2 Å². The average Bonchev–Trinajstić information content (AvgIpc) is 3.11. The number of nitrogens with zero attached hydrogens (tertiary/aromatic N) is 1. The van der Waals surface area contributed by atoms with Gasteiger partial charge in [0.1, 0.15) is 0 Å². The summed E-state index contributed by atoms with van der Waals surface area (Å²) in [6, 6.07) is 0.134. The van der Waals surface area contributed by atoms with Crippen molar-refractivity contribution in [3.8, 4) is 0 Å². The summed E-state index contributed by atoms with van der Waals surface area (Å²) >= 11 is 1.91. The van der Waals surface area contributed by atoms with Gasteiger partial charge in [-0.15, -0.1) is 11.8 Å². The van der Waals surface area contributed by atoms with E-state index in [1.807, 2.05) is 23.8 Å². The van der Waals surface area contributed by atoms with Crippen LogP contribution in [-0.4, -0.2) is 60.3 Å². The zero-order valence-electron chi connectivity index (χ0n) is 15.1. The quantitative estimate of drug-likeness (QED) is 0.805. The predicted molar refractivity (Wildman–Crippen MR) is 98.9 cm³/mol. The lowest BCUT2D eigenvalue weighted by Crippen LogP contribution is -2.52. The molecule has 0 bridgehead atoms. The molecule has 0 aromatic rings. The number of thioether (sulfide) groups is 1. The van der Waals surface area contributed by atoms with Crippen molar-refractivity contribution in [2.45, 2.75) is 69.0 Å². The van der Waals surface area contributed by atoms with Crippen LogP contribution in [0.2, 0.25) is 0 Å². The van der Waals surface area contributed by atoms with E-state index in [1.54, 1.807) is 0 Å². The molecule has 0 aromatic carbocycles. The summed E-state index contributed by atoms with van der Waals surface area (Å²) in [6.45, 7) is 3.78. The van der Waals surface area contributed by atoms with E-state index < -0.39 is 0 Å². The summed E-state index contributed by atoms with van der Waals surface area (Å²) in [4.78, 5) is 15.0. The molecule has 24 heavy (non-hydrogen) atoms. The molecule has 0 aromatic heterocycles. The molecule has 1 aliphatic carbocycles. The molecule has 2 aliphatic heterocycles. The van der Waals surface area contributed by atoms with Gasteiger partial charge in [-0.25, -0.2) is 0 Å².